The van der Waals surface area contributed by atoms with Crippen molar-refractivity contribution in [3.63, 3.8) is 0 Å². The number of rotatable bonds is 6. The Morgan fingerprint density at radius 3 is 2.48 bits per heavy atom. The number of pyridine rings is 1. The first kappa shape index (κ1) is 21.5. The van der Waals surface area contributed by atoms with Crippen molar-refractivity contribution in [2.75, 3.05) is 45.9 Å². The lowest BCUT2D eigenvalue weighted by molar-refractivity contribution is -0.135. The summed E-state index contributed by atoms with van der Waals surface area (Å²) in [4.78, 5) is 32.8. The van der Waals surface area contributed by atoms with Gasteiger partial charge in [0.05, 0.1) is 13.2 Å². The van der Waals surface area contributed by atoms with Crippen LogP contribution in [0.4, 0.5) is 0 Å². The zero-order valence-electron chi connectivity index (χ0n) is 17.8. The van der Waals surface area contributed by atoms with Crippen LogP contribution in [0.1, 0.15) is 41.2 Å². The average Bonchev–Trinajstić information content (AvgIpc) is 2.83. The van der Waals surface area contributed by atoms with Crippen molar-refractivity contribution in [1.82, 2.24) is 14.8 Å². The maximum Gasteiger partial charge on any atom is 0.248 e. The molecular formula is C24H30N4O3. The molecule has 4 rings (SSSR count). The van der Waals surface area contributed by atoms with Gasteiger partial charge in [-0.15, -0.1) is 0 Å². The van der Waals surface area contributed by atoms with E-state index in [1.54, 1.807) is 12.1 Å². The van der Waals surface area contributed by atoms with Gasteiger partial charge < -0.3 is 20.3 Å². The largest absolute Gasteiger partial charge is 0.378 e. The molecule has 0 spiro atoms. The predicted octanol–water partition coefficient (Wildman–Crippen LogP) is 2.28. The molecule has 0 atom stereocenters. The molecule has 164 valence electrons. The highest BCUT2D eigenvalue weighted by Gasteiger charge is 2.23. The van der Waals surface area contributed by atoms with Gasteiger partial charge in [-0.1, -0.05) is 18.2 Å². The van der Waals surface area contributed by atoms with Crippen LogP contribution in [0.15, 0.2) is 42.6 Å². The lowest BCUT2D eigenvalue weighted by Gasteiger charge is -2.32. The molecule has 0 aliphatic carbocycles. The van der Waals surface area contributed by atoms with Crippen LogP contribution < -0.4 is 5.73 Å². The molecule has 7 nitrogen and oxygen atoms in total. The van der Waals surface area contributed by atoms with Gasteiger partial charge >= 0.3 is 0 Å². The molecule has 2 N–H and O–H groups in total. The molecule has 1 aromatic carbocycles. The maximum absolute atomic E-state index is 12.3. The standard InChI is InChI=1S/C24H30N4O3/c25-24(30)20-3-1-2-19(16-20)21-4-5-22(26-17-21)18-6-9-27(10-7-18)11-8-23(29)28-12-14-31-15-13-28/h1-5,16-18H,6-15H2,(H2,25,30). The lowest BCUT2D eigenvalue weighted by atomic mass is 9.92. The number of piperidine rings is 1. The van der Waals surface area contributed by atoms with E-state index in [1.165, 1.54) is 0 Å². The number of morpholine rings is 1. The third-order valence-corrected chi connectivity index (χ3v) is 6.28. The van der Waals surface area contributed by atoms with Crippen molar-refractivity contribution < 1.29 is 14.3 Å². The van der Waals surface area contributed by atoms with E-state index in [2.05, 4.69) is 17.0 Å². The summed E-state index contributed by atoms with van der Waals surface area (Å²) in [5.41, 5.74) is 8.91. The molecule has 0 unspecified atom stereocenters. The third kappa shape index (κ3) is 5.48. The SMILES string of the molecule is NC(=O)c1cccc(-c2ccc(C3CCN(CCC(=O)N4CCOCC4)CC3)nc2)c1. The summed E-state index contributed by atoms with van der Waals surface area (Å²) in [6, 6.07) is 11.5. The molecule has 2 aliphatic rings. The number of nitrogens with zero attached hydrogens (tertiary/aromatic N) is 3. The highest BCUT2D eigenvalue weighted by Crippen LogP contribution is 2.28. The maximum atomic E-state index is 12.3. The number of carbonyl (C=O) groups is 2. The van der Waals surface area contributed by atoms with Gasteiger partial charge in [0.25, 0.3) is 0 Å². The molecule has 2 aromatic rings. The Balaban J connectivity index is 1.27. The van der Waals surface area contributed by atoms with Crippen LogP contribution in [0.3, 0.4) is 0 Å². The zero-order valence-corrected chi connectivity index (χ0v) is 17.8. The molecule has 31 heavy (non-hydrogen) atoms. The van der Waals surface area contributed by atoms with Crippen molar-refractivity contribution in [2.45, 2.75) is 25.2 Å². The lowest BCUT2D eigenvalue weighted by Crippen LogP contribution is -2.42. The quantitative estimate of drug-likeness (QED) is 0.772. The predicted molar refractivity (Wildman–Crippen MR) is 119 cm³/mol. The summed E-state index contributed by atoms with van der Waals surface area (Å²) in [5.74, 6) is 0.255. The molecule has 3 heterocycles. The summed E-state index contributed by atoms with van der Waals surface area (Å²) < 4.78 is 5.32. The fourth-order valence-electron chi connectivity index (χ4n) is 4.35. The molecule has 2 aliphatic heterocycles. The van der Waals surface area contributed by atoms with Crippen LogP contribution in [-0.2, 0) is 9.53 Å². The van der Waals surface area contributed by atoms with Crippen LogP contribution in [0.2, 0.25) is 0 Å². The average molecular weight is 423 g/mol. The number of likely N-dealkylation sites (tertiary alicyclic amines) is 1. The number of aromatic nitrogens is 1. The van der Waals surface area contributed by atoms with E-state index in [-0.39, 0.29) is 5.91 Å². The third-order valence-electron chi connectivity index (χ3n) is 6.28. The van der Waals surface area contributed by atoms with E-state index in [4.69, 9.17) is 15.5 Å². The molecule has 0 saturated carbocycles. The van der Waals surface area contributed by atoms with Crippen LogP contribution in [-0.4, -0.2) is 72.5 Å². The van der Waals surface area contributed by atoms with Crippen LogP contribution in [0, 0.1) is 0 Å². The summed E-state index contributed by atoms with van der Waals surface area (Å²) in [7, 11) is 0. The van der Waals surface area contributed by atoms with Gasteiger partial charge in [0.15, 0.2) is 0 Å². The Morgan fingerprint density at radius 2 is 1.81 bits per heavy atom. The fourth-order valence-corrected chi connectivity index (χ4v) is 4.35. The topological polar surface area (TPSA) is 88.8 Å². The van der Waals surface area contributed by atoms with Crippen molar-refractivity contribution >= 4 is 11.8 Å². The number of nitrogens with two attached hydrogens (primary N) is 1. The summed E-state index contributed by atoms with van der Waals surface area (Å²) in [5, 5.41) is 0. The van der Waals surface area contributed by atoms with E-state index in [0.717, 1.165) is 62.4 Å². The zero-order chi connectivity index (χ0) is 21.6. The Labute approximate surface area is 183 Å². The first-order chi connectivity index (χ1) is 15.1. The molecule has 2 amide bonds. The highest BCUT2D eigenvalue weighted by molar-refractivity contribution is 5.94. The Hall–Kier alpha value is -2.77. The number of benzene rings is 1. The Kier molecular flexibility index (Phi) is 6.94. The molecule has 1 aromatic heterocycles. The summed E-state index contributed by atoms with van der Waals surface area (Å²) in [6.45, 7) is 5.55. The number of ether oxygens (including phenoxy) is 1. The van der Waals surface area contributed by atoms with Gasteiger partial charge in [0.1, 0.15) is 0 Å². The second kappa shape index (κ2) is 10.0. The first-order valence-corrected chi connectivity index (χ1v) is 11.0. The van der Waals surface area contributed by atoms with Gasteiger partial charge in [-0.3, -0.25) is 14.6 Å². The minimum absolute atomic E-state index is 0.239. The van der Waals surface area contributed by atoms with E-state index >= 15 is 0 Å². The minimum atomic E-state index is -0.426. The van der Waals surface area contributed by atoms with Crippen LogP contribution >= 0.6 is 0 Å². The first-order valence-electron chi connectivity index (χ1n) is 11.0. The number of amides is 2. The van der Waals surface area contributed by atoms with Gasteiger partial charge in [0, 0.05) is 55.0 Å². The molecule has 0 bridgehead atoms. The number of hydrogen-bond donors (Lipinski definition) is 1. The molecule has 2 saturated heterocycles. The van der Waals surface area contributed by atoms with E-state index < -0.39 is 5.91 Å². The number of primary amides is 1. The summed E-state index contributed by atoms with van der Waals surface area (Å²) in [6.07, 6.45) is 4.56. The molecule has 7 heteroatoms. The van der Waals surface area contributed by atoms with Crippen LogP contribution in [0.25, 0.3) is 11.1 Å². The van der Waals surface area contributed by atoms with Crippen molar-refractivity contribution in [1.29, 1.82) is 0 Å². The van der Waals surface area contributed by atoms with Gasteiger partial charge in [-0.25, -0.2) is 0 Å². The number of carbonyl (C=O) groups excluding carboxylic acids is 2. The van der Waals surface area contributed by atoms with Crippen molar-refractivity contribution in [2.24, 2.45) is 5.73 Å². The fraction of sp³-hybridized carbons (Fsp3) is 0.458. The summed E-state index contributed by atoms with van der Waals surface area (Å²) >= 11 is 0. The van der Waals surface area contributed by atoms with Gasteiger partial charge in [0.2, 0.25) is 11.8 Å². The second-order valence-electron chi connectivity index (χ2n) is 8.28. The van der Waals surface area contributed by atoms with Gasteiger partial charge in [-0.05, 0) is 49.7 Å². The van der Waals surface area contributed by atoms with Crippen molar-refractivity contribution in [3.05, 3.63) is 53.9 Å². The monoisotopic (exact) mass is 422 g/mol. The molecule has 2 fully saturated rings. The molecular weight excluding hydrogens is 392 g/mol. The van der Waals surface area contributed by atoms with Crippen molar-refractivity contribution in [3.8, 4) is 11.1 Å². The minimum Gasteiger partial charge on any atom is -0.378 e. The van der Waals surface area contributed by atoms with Crippen LogP contribution in [0.5, 0.6) is 0 Å². The Bertz CT molecular complexity index is 901. The Morgan fingerprint density at radius 1 is 1.03 bits per heavy atom. The normalized spacial score (nSPS) is 18.1. The van der Waals surface area contributed by atoms with E-state index in [1.807, 2.05) is 23.2 Å². The van der Waals surface area contributed by atoms with E-state index in [9.17, 15) is 9.59 Å². The van der Waals surface area contributed by atoms with E-state index in [0.29, 0.717) is 31.1 Å². The molecule has 0 radical (unpaired) electrons. The highest BCUT2D eigenvalue weighted by atomic mass is 16.5. The number of hydrogen-bond acceptors (Lipinski definition) is 5. The smallest absolute Gasteiger partial charge is 0.248 e. The second-order valence-corrected chi connectivity index (χ2v) is 8.28. The van der Waals surface area contributed by atoms with Gasteiger partial charge in [-0.2, -0.15) is 0 Å².